The van der Waals surface area contributed by atoms with E-state index in [0.29, 0.717) is 0 Å². The number of imide groups is 1. The van der Waals surface area contributed by atoms with E-state index in [1.807, 2.05) is 0 Å². The summed E-state index contributed by atoms with van der Waals surface area (Å²) in [4.78, 5) is 69.8. The largest absolute Gasteiger partial charge is 0.418 e. The van der Waals surface area contributed by atoms with Gasteiger partial charge in [-0.25, -0.2) is 14.8 Å². The van der Waals surface area contributed by atoms with Crippen LogP contribution >= 0.6 is 0 Å². The van der Waals surface area contributed by atoms with Gasteiger partial charge < -0.3 is 15.1 Å². The summed E-state index contributed by atoms with van der Waals surface area (Å²) < 4.78 is 39.9. The number of nitrogens with one attached hydrogen (secondary N) is 1. The molecule has 4 amide bonds. The van der Waals surface area contributed by atoms with Crippen molar-refractivity contribution in [3.63, 3.8) is 0 Å². The molecule has 1 fully saturated rings. The summed E-state index contributed by atoms with van der Waals surface area (Å²) in [5, 5.41) is 2.54. The Morgan fingerprint density at radius 2 is 1.89 bits per heavy atom. The van der Waals surface area contributed by atoms with Crippen molar-refractivity contribution in [2.24, 2.45) is 4.99 Å². The molecule has 1 N–H and O–H groups in total. The molecule has 0 saturated carbocycles. The van der Waals surface area contributed by atoms with Gasteiger partial charge in [-0.05, 0) is 26.8 Å². The van der Waals surface area contributed by atoms with E-state index in [9.17, 15) is 32.3 Å². The van der Waals surface area contributed by atoms with Gasteiger partial charge >= 0.3 is 12.2 Å². The number of amides is 4. The van der Waals surface area contributed by atoms with Crippen LogP contribution in [0, 0.1) is 6.92 Å². The lowest BCUT2D eigenvalue weighted by Gasteiger charge is -2.41. The van der Waals surface area contributed by atoms with E-state index in [0.717, 1.165) is 11.0 Å². The fourth-order valence-electron chi connectivity index (χ4n) is 4.18. The fraction of sp³-hybridized carbons (Fsp3) is 0.391. The first-order valence-corrected chi connectivity index (χ1v) is 11.3. The molecule has 0 aliphatic carbocycles. The number of pyridine rings is 1. The molecule has 15 heteroatoms. The zero-order valence-corrected chi connectivity index (χ0v) is 20.7. The number of aryl methyl sites for hydroxylation is 1. The van der Waals surface area contributed by atoms with Crippen molar-refractivity contribution >= 4 is 35.8 Å². The number of nitrogens with zero attached hydrogens (tertiary/aromatic N) is 7. The molecule has 2 aromatic heterocycles. The number of rotatable bonds is 6. The van der Waals surface area contributed by atoms with Gasteiger partial charge in [0.05, 0.1) is 36.5 Å². The Morgan fingerprint density at radius 3 is 2.55 bits per heavy atom. The number of hydrogen-bond acceptors (Lipinski definition) is 9. The van der Waals surface area contributed by atoms with Crippen molar-refractivity contribution in [2.75, 3.05) is 18.9 Å². The van der Waals surface area contributed by atoms with Gasteiger partial charge in [-0.2, -0.15) is 13.2 Å². The van der Waals surface area contributed by atoms with Crippen molar-refractivity contribution in [1.29, 1.82) is 0 Å². The van der Waals surface area contributed by atoms with Crippen LogP contribution < -0.4 is 5.32 Å². The van der Waals surface area contributed by atoms with Crippen molar-refractivity contribution in [1.82, 2.24) is 29.7 Å². The number of carbonyl (C=O) groups excluding carboxylic acids is 4. The minimum absolute atomic E-state index is 0.0401. The minimum Gasteiger partial charge on any atom is -0.335 e. The molecule has 2 aliphatic rings. The number of aliphatic imine (C=N–C) groups is 1. The number of likely N-dealkylation sites (N-methyl/N-ethyl adjacent to an activating group) is 1. The summed E-state index contributed by atoms with van der Waals surface area (Å²) in [6.45, 7) is 3.58. The highest BCUT2D eigenvalue weighted by Gasteiger charge is 2.51. The molecule has 4 heterocycles. The molecule has 0 aromatic carbocycles. The van der Waals surface area contributed by atoms with Crippen LogP contribution in [0.2, 0.25) is 0 Å². The van der Waals surface area contributed by atoms with E-state index < -0.39 is 54.4 Å². The number of fused-ring (bicyclic) bond motifs is 1. The van der Waals surface area contributed by atoms with Crippen LogP contribution in [0.25, 0.3) is 11.3 Å². The Bertz CT molecular complexity index is 1350. The topological polar surface area (TPSA) is 141 Å². The number of halogens is 3. The van der Waals surface area contributed by atoms with Gasteiger partial charge in [0.1, 0.15) is 11.8 Å². The number of carbonyl (C=O) groups is 4. The van der Waals surface area contributed by atoms with Crippen LogP contribution in [-0.2, 0) is 20.6 Å². The summed E-state index contributed by atoms with van der Waals surface area (Å²) in [5.74, 6) is -1.72. The van der Waals surface area contributed by atoms with Crippen molar-refractivity contribution < 1.29 is 32.3 Å². The highest BCUT2D eigenvalue weighted by Crippen LogP contribution is 2.33. The molecular formula is C23H23F3N8O4. The van der Waals surface area contributed by atoms with Gasteiger partial charge in [0.15, 0.2) is 18.0 Å². The summed E-state index contributed by atoms with van der Waals surface area (Å²) in [6.07, 6.45) is -0.519. The molecule has 0 bridgehead atoms. The number of hydrogen-bond donors (Lipinski definition) is 1. The molecule has 2 aromatic rings. The van der Waals surface area contributed by atoms with Crippen molar-refractivity contribution in [2.45, 2.75) is 45.2 Å². The summed E-state index contributed by atoms with van der Waals surface area (Å²) in [5.41, 5.74) is -0.995. The summed E-state index contributed by atoms with van der Waals surface area (Å²) in [6, 6.07) is -1.79. The SMILES string of the molecule is CC(=O)CN1C(=O)C2C(N=CN2[C@@H](C)C(=O)Nc2cncc(-c3cnc(C)c(C(F)(F)F)c3)n2)N(C)C1=O. The van der Waals surface area contributed by atoms with E-state index in [1.165, 1.54) is 62.5 Å². The van der Waals surface area contributed by atoms with Gasteiger partial charge in [-0.15, -0.1) is 0 Å². The predicted molar refractivity (Wildman–Crippen MR) is 127 cm³/mol. The van der Waals surface area contributed by atoms with Gasteiger partial charge in [0.25, 0.3) is 5.91 Å². The first-order valence-electron chi connectivity index (χ1n) is 11.3. The monoisotopic (exact) mass is 532 g/mol. The molecule has 3 atom stereocenters. The number of Topliss-reactive ketones (excluding diaryl/α,β-unsaturated/α-hetero) is 1. The highest BCUT2D eigenvalue weighted by atomic mass is 19.4. The highest BCUT2D eigenvalue weighted by molar-refractivity contribution is 6.05. The van der Waals surface area contributed by atoms with E-state index >= 15 is 0 Å². The van der Waals surface area contributed by atoms with Gasteiger partial charge in [0, 0.05) is 24.5 Å². The second-order valence-corrected chi connectivity index (χ2v) is 8.90. The number of ketones is 1. The molecule has 2 aliphatic heterocycles. The minimum atomic E-state index is -4.61. The van der Waals surface area contributed by atoms with Gasteiger partial charge in [0.2, 0.25) is 5.91 Å². The average Bonchev–Trinajstić information content (AvgIpc) is 3.30. The normalized spacial score (nSPS) is 20.0. The number of urea groups is 1. The summed E-state index contributed by atoms with van der Waals surface area (Å²) in [7, 11) is 1.44. The third kappa shape index (κ3) is 4.90. The predicted octanol–water partition coefficient (Wildman–Crippen LogP) is 1.71. The Kier molecular flexibility index (Phi) is 6.86. The van der Waals surface area contributed by atoms with Crippen LogP contribution in [0.15, 0.2) is 29.6 Å². The molecule has 0 radical (unpaired) electrons. The molecule has 200 valence electrons. The van der Waals surface area contributed by atoms with Crippen molar-refractivity contribution in [3.05, 3.63) is 35.9 Å². The smallest absolute Gasteiger partial charge is 0.335 e. The molecule has 1 saturated heterocycles. The fourth-order valence-corrected chi connectivity index (χ4v) is 4.18. The zero-order chi connectivity index (χ0) is 27.9. The van der Waals surface area contributed by atoms with Crippen LogP contribution in [0.5, 0.6) is 0 Å². The van der Waals surface area contributed by atoms with E-state index in [2.05, 4.69) is 25.3 Å². The Hall–Kier alpha value is -4.43. The van der Waals surface area contributed by atoms with Gasteiger partial charge in [-0.3, -0.25) is 29.3 Å². The van der Waals surface area contributed by atoms with Crippen LogP contribution in [0.4, 0.5) is 23.8 Å². The van der Waals surface area contributed by atoms with Gasteiger partial charge in [-0.1, -0.05) is 0 Å². The Labute approximate surface area is 214 Å². The number of alkyl halides is 3. The molecule has 4 rings (SSSR count). The Balaban J connectivity index is 1.53. The van der Waals surface area contributed by atoms with E-state index in [-0.39, 0.29) is 28.6 Å². The standard InChI is InChI=1S/C23H23F3N8O4/c1-11(35)9-33-21(37)18-19(32(4)22(33)38)29-10-34(18)13(3)20(36)31-17-8-27-7-16(30-17)14-5-15(23(24,25)26)12(2)28-6-14/h5-8,10,13,18-19H,9H2,1-4H3,(H,30,31,36)/t13-,18?,19?/m0/s1. The van der Waals surface area contributed by atoms with Crippen LogP contribution in [-0.4, -0.2) is 91.5 Å². The summed E-state index contributed by atoms with van der Waals surface area (Å²) >= 11 is 0. The lowest BCUT2D eigenvalue weighted by Crippen LogP contribution is -2.66. The third-order valence-corrected chi connectivity index (χ3v) is 6.19. The third-order valence-electron chi connectivity index (χ3n) is 6.19. The maximum atomic E-state index is 13.3. The second-order valence-electron chi connectivity index (χ2n) is 8.90. The van der Waals surface area contributed by atoms with Crippen LogP contribution in [0.1, 0.15) is 25.1 Å². The number of aromatic nitrogens is 3. The molecule has 2 unspecified atom stereocenters. The Morgan fingerprint density at radius 1 is 1.18 bits per heavy atom. The second kappa shape index (κ2) is 9.79. The zero-order valence-electron chi connectivity index (χ0n) is 20.7. The quantitative estimate of drug-likeness (QED) is 0.593. The first kappa shape index (κ1) is 26.6. The molecule has 12 nitrogen and oxygen atoms in total. The molecule has 0 spiro atoms. The molecule has 38 heavy (non-hydrogen) atoms. The maximum absolute atomic E-state index is 13.3. The van der Waals surface area contributed by atoms with E-state index in [1.54, 1.807) is 0 Å². The lowest BCUT2D eigenvalue weighted by atomic mass is 10.1. The van der Waals surface area contributed by atoms with E-state index in [4.69, 9.17) is 0 Å². The first-order chi connectivity index (χ1) is 17.8. The average molecular weight is 532 g/mol. The maximum Gasteiger partial charge on any atom is 0.418 e. The number of anilines is 1. The molecular weight excluding hydrogens is 509 g/mol. The van der Waals surface area contributed by atoms with Crippen LogP contribution in [0.3, 0.4) is 0 Å². The van der Waals surface area contributed by atoms with Crippen molar-refractivity contribution in [3.8, 4) is 11.3 Å². The lowest BCUT2D eigenvalue weighted by molar-refractivity contribution is -0.141.